The van der Waals surface area contributed by atoms with Crippen LogP contribution in [-0.4, -0.2) is 70.4 Å². The van der Waals surface area contributed by atoms with Gasteiger partial charge in [-0.05, 0) is 80.5 Å². The number of ether oxygens (including phenoxy) is 1. The SMILES string of the molecule is CCOC(=O)/C=C/[C@@H]1Cc2ccccc2CN1C(=O)[C@H](CC(C)C)NC(=O)[C@H](CC(C)C)NC(=O)[C@H](CC(C)C)NC(=O)c1cccc(O)c1C. The quantitative estimate of drug-likeness (QED) is 0.142. The highest BCUT2D eigenvalue weighted by Gasteiger charge is 2.36. The van der Waals surface area contributed by atoms with E-state index < -0.39 is 47.9 Å². The number of carbonyl (C=O) groups is 5. The zero-order valence-corrected chi connectivity index (χ0v) is 31.3. The molecular weight excluding hydrogens is 648 g/mol. The van der Waals surface area contributed by atoms with Gasteiger partial charge < -0.3 is 30.7 Å². The maximum atomic E-state index is 14.4. The van der Waals surface area contributed by atoms with Crippen LogP contribution < -0.4 is 16.0 Å². The lowest BCUT2D eigenvalue weighted by Crippen LogP contribution is -2.58. The van der Waals surface area contributed by atoms with Crippen molar-refractivity contribution in [2.24, 2.45) is 17.8 Å². The van der Waals surface area contributed by atoms with Crippen molar-refractivity contribution in [2.45, 2.75) is 112 Å². The normalized spacial score (nSPS) is 16.1. The summed E-state index contributed by atoms with van der Waals surface area (Å²) < 4.78 is 5.08. The van der Waals surface area contributed by atoms with Gasteiger partial charge in [-0.3, -0.25) is 19.2 Å². The van der Waals surface area contributed by atoms with Gasteiger partial charge >= 0.3 is 5.97 Å². The number of hydrogen-bond acceptors (Lipinski definition) is 7. The molecule has 0 unspecified atom stereocenters. The summed E-state index contributed by atoms with van der Waals surface area (Å²) in [6.45, 7) is 15.6. The molecule has 278 valence electrons. The zero-order valence-electron chi connectivity index (χ0n) is 31.3. The topological polar surface area (TPSA) is 154 Å². The number of amides is 4. The number of rotatable bonds is 16. The maximum Gasteiger partial charge on any atom is 0.330 e. The van der Waals surface area contributed by atoms with E-state index in [9.17, 15) is 29.1 Å². The van der Waals surface area contributed by atoms with Crippen LogP contribution in [0.15, 0.2) is 54.6 Å². The largest absolute Gasteiger partial charge is 0.508 e. The zero-order chi connectivity index (χ0) is 37.8. The van der Waals surface area contributed by atoms with Crippen molar-refractivity contribution in [2.75, 3.05) is 6.61 Å². The van der Waals surface area contributed by atoms with E-state index in [1.165, 1.54) is 12.1 Å². The Morgan fingerprint density at radius 3 is 1.94 bits per heavy atom. The Bertz CT molecular complexity index is 1570. The van der Waals surface area contributed by atoms with Gasteiger partial charge in [-0.1, -0.05) is 78.0 Å². The third-order valence-corrected chi connectivity index (χ3v) is 8.85. The molecule has 4 amide bonds. The summed E-state index contributed by atoms with van der Waals surface area (Å²) in [7, 11) is 0. The average Bonchev–Trinajstić information content (AvgIpc) is 3.06. The molecule has 0 fully saturated rings. The Morgan fingerprint density at radius 2 is 1.35 bits per heavy atom. The summed E-state index contributed by atoms with van der Waals surface area (Å²) in [6.07, 6.45) is 4.50. The third-order valence-electron chi connectivity index (χ3n) is 8.85. The molecule has 11 nitrogen and oxygen atoms in total. The molecule has 4 N–H and O–H groups in total. The second kappa shape index (κ2) is 19.1. The Balaban J connectivity index is 1.87. The summed E-state index contributed by atoms with van der Waals surface area (Å²) in [4.78, 5) is 69.4. The molecule has 1 aliphatic heterocycles. The lowest BCUT2D eigenvalue weighted by Gasteiger charge is -2.38. The van der Waals surface area contributed by atoms with E-state index >= 15 is 0 Å². The summed E-state index contributed by atoms with van der Waals surface area (Å²) in [5.74, 6) is -2.22. The number of phenolic OH excluding ortho intramolecular Hbond substituents is 1. The predicted octanol–water partition coefficient (Wildman–Crippen LogP) is 4.98. The number of esters is 1. The summed E-state index contributed by atoms with van der Waals surface area (Å²) in [5, 5.41) is 18.8. The minimum Gasteiger partial charge on any atom is -0.508 e. The van der Waals surface area contributed by atoms with Gasteiger partial charge in [0.15, 0.2) is 0 Å². The number of nitrogens with one attached hydrogen (secondary N) is 3. The van der Waals surface area contributed by atoms with E-state index in [1.807, 2.05) is 65.8 Å². The first kappa shape index (κ1) is 40.8. The smallest absolute Gasteiger partial charge is 0.330 e. The van der Waals surface area contributed by atoms with Gasteiger partial charge in [-0.2, -0.15) is 0 Å². The predicted molar refractivity (Wildman–Crippen MR) is 197 cm³/mol. The molecule has 2 aromatic carbocycles. The molecule has 0 saturated heterocycles. The fraction of sp³-hybridized carbons (Fsp3) is 0.525. The maximum absolute atomic E-state index is 14.4. The van der Waals surface area contributed by atoms with Gasteiger partial charge in [-0.15, -0.1) is 0 Å². The lowest BCUT2D eigenvalue weighted by atomic mass is 9.92. The van der Waals surface area contributed by atoms with Crippen LogP contribution in [0.5, 0.6) is 5.75 Å². The number of carbonyl (C=O) groups excluding carboxylic acids is 5. The van der Waals surface area contributed by atoms with Gasteiger partial charge in [-0.25, -0.2) is 4.79 Å². The molecule has 1 heterocycles. The van der Waals surface area contributed by atoms with Gasteiger partial charge in [0, 0.05) is 23.7 Å². The van der Waals surface area contributed by atoms with Crippen LogP contribution in [0.3, 0.4) is 0 Å². The van der Waals surface area contributed by atoms with Crippen LogP contribution >= 0.6 is 0 Å². The van der Waals surface area contributed by atoms with E-state index in [0.717, 1.165) is 11.1 Å². The molecule has 0 spiro atoms. The van der Waals surface area contributed by atoms with E-state index in [4.69, 9.17) is 4.74 Å². The van der Waals surface area contributed by atoms with E-state index in [0.29, 0.717) is 37.8 Å². The van der Waals surface area contributed by atoms with Gasteiger partial charge in [0.2, 0.25) is 17.7 Å². The second-order valence-corrected chi connectivity index (χ2v) is 14.6. The van der Waals surface area contributed by atoms with E-state index in [-0.39, 0.29) is 41.6 Å². The monoisotopic (exact) mass is 704 g/mol. The molecule has 0 aliphatic carbocycles. The highest BCUT2D eigenvalue weighted by atomic mass is 16.5. The number of hydrogen-bond donors (Lipinski definition) is 4. The van der Waals surface area contributed by atoms with Crippen molar-refractivity contribution >= 4 is 29.6 Å². The van der Waals surface area contributed by atoms with Gasteiger partial charge in [0.25, 0.3) is 5.91 Å². The Kier molecular flexibility index (Phi) is 15.2. The highest BCUT2D eigenvalue weighted by molar-refractivity contribution is 6.00. The van der Waals surface area contributed by atoms with Crippen LogP contribution in [-0.2, 0) is 36.9 Å². The lowest BCUT2D eigenvalue weighted by molar-refractivity contribution is -0.140. The minimum atomic E-state index is -0.976. The summed E-state index contributed by atoms with van der Waals surface area (Å²) in [6, 6.07) is 9.21. The molecule has 0 radical (unpaired) electrons. The van der Waals surface area contributed by atoms with Crippen LogP contribution in [0.25, 0.3) is 0 Å². The van der Waals surface area contributed by atoms with Crippen LogP contribution in [0, 0.1) is 24.7 Å². The van der Waals surface area contributed by atoms with Crippen molar-refractivity contribution in [3.05, 3.63) is 76.9 Å². The van der Waals surface area contributed by atoms with Crippen molar-refractivity contribution in [1.82, 2.24) is 20.9 Å². The average molecular weight is 705 g/mol. The molecule has 0 saturated carbocycles. The number of benzene rings is 2. The Morgan fingerprint density at radius 1 is 0.804 bits per heavy atom. The number of nitrogens with zero attached hydrogens (tertiary/aromatic N) is 1. The molecule has 1 aliphatic rings. The van der Waals surface area contributed by atoms with Gasteiger partial charge in [0.05, 0.1) is 12.6 Å². The summed E-state index contributed by atoms with van der Waals surface area (Å²) in [5.41, 5.74) is 2.71. The van der Waals surface area contributed by atoms with Crippen LogP contribution in [0.1, 0.15) is 94.8 Å². The van der Waals surface area contributed by atoms with E-state index in [2.05, 4.69) is 16.0 Å². The first-order valence-electron chi connectivity index (χ1n) is 18.0. The highest BCUT2D eigenvalue weighted by Crippen LogP contribution is 2.26. The number of phenols is 1. The van der Waals surface area contributed by atoms with E-state index in [1.54, 1.807) is 37.0 Å². The second-order valence-electron chi connectivity index (χ2n) is 14.6. The molecule has 4 atom stereocenters. The molecule has 0 aromatic heterocycles. The van der Waals surface area contributed by atoms with Crippen molar-refractivity contribution in [3.63, 3.8) is 0 Å². The van der Waals surface area contributed by atoms with Gasteiger partial charge in [0.1, 0.15) is 23.9 Å². The minimum absolute atomic E-state index is 0.0179. The Hall–Kier alpha value is -4.67. The number of aromatic hydroxyl groups is 1. The molecule has 2 aromatic rings. The first-order valence-corrected chi connectivity index (χ1v) is 18.0. The fourth-order valence-electron chi connectivity index (χ4n) is 6.29. The molecule has 51 heavy (non-hydrogen) atoms. The molecule has 3 rings (SSSR count). The third kappa shape index (κ3) is 12.0. The molecule has 11 heteroatoms. The summed E-state index contributed by atoms with van der Waals surface area (Å²) >= 11 is 0. The van der Waals surface area contributed by atoms with Crippen molar-refractivity contribution < 1.29 is 33.8 Å². The fourth-order valence-corrected chi connectivity index (χ4v) is 6.29. The molecular formula is C40H56N4O7. The molecule has 0 bridgehead atoms. The Labute approximate surface area is 302 Å². The van der Waals surface area contributed by atoms with Crippen LogP contribution in [0.4, 0.5) is 0 Å². The van der Waals surface area contributed by atoms with Crippen molar-refractivity contribution in [3.8, 4) is 5.75 Å². The first-order chi connectivity index (χ1) is 24.1. The van der Waals surface area contributed by atoms with Crippen molar-refractivity contribution in [1.29, 1.82) is 0 Å². The number of fused-ring (bicyclic) bond motifs is 1. The standard InChI is InChI=1S/C40H56N4O7/c1-9-51-36(46)18-17-30-22-28-13-10-11-14-29(28)23-44(30)40(50)34(21-26(6)7)43-39(49)33(20-25(4)5)42-38(48)32(19-24(2)3)41-37(47)31-15-12-16-35(45)27(31)8/h10-18,24-26,30,32-34,45H,9,19-23H2,1-8H3,(H,41,47)(H,42,48)(H,43,49)/b18-17+/t30-,32+,33+,34+/m1/s1. The van der Waals surface area contributed by atoms with Crippen LogP contribution in [0.2, 0.25) is 0 Å².